The van der Waals surface area contributed by atoms with Gasteiger partial charge in [-0.1, -0.05) is 49.6 Å². The number of ether oxygens (including phenoxy) is 4. The molecule has 42 heavy (non-hydrogen) atoms. The fourth-order valence-corrected chi connectivity index (χ4v) is 5.61. The lowest BCUT2D eigenvalue weighted by molar-refractivity contribution is -0.161. The molecule has 0 N–H and O–H groups in total. The summed E-state index contributed by atoms with van der Waals surface area (Å²) in [6, 6.07) is 16.0. The third-order valence-corrected chi connectivity index (χ3v) is 8.07. The summed E-state index contributed by atoms with van der Waals surface area (Å²) < 4.78 is 21.0. The minimum atomic E-state index is -0.643. The molecular formula is C34H38O8. The summed E-state index contributed by atoms with van der Waals surface area (Å²) in [4.78, 5) is 46.9. The zero-order chi connectivity index (χ0) is 29.9. The van der Waals surface area contributed by atoms with E-state index in [0.29, 0.717) is 18.3 Å². The van der Waals surface area contributed by atoms with Crippen LogP contribution in [0.1, 0.15) is 62.8 Å². The first-order chi connectivity index (χ1) is 20.3. The molecule has 8 nitrogen and oxygen atoms in total. The summed E-state index contributed by atoms with van der Waals surface area (Å²) in [7, 11) is 0. The van der Waals surface area contributed by atoms with Gasteiger partial charge >= 0.3 is 23.9 Å². The quantitative estimate of drug-likeness (QED) is 0.137. The van der Waals surface area contributed by atoms with Crippen LogP contribution in [0, 0.1) is 11.8 Å². The topological polar surface area (TPSA) is 105 Å². The molecule has 222 valence electrons. The van der Waals surface area contributed by atoms with Crippen LogP contribution in [-0.2, 0) is 33.4 Å². The molecule has 0 heterocycles. The van der Waals surface area contributed by atoms with E-state index in [-0.39, 0.29) is 23.9 Å². The van der Waals surface area contributed by atoms with Crippen LogP contribution in [0.25, 0.3) is 11.1 Å². The highest BCUT2D eigenvalue weighted by atomic mass is 16.6. The lowest BCUT2D eigenvalue weighted by atomic mass is 9.82. The van der Waals surface area contributed by atoms with Gasteiger partial charge in [-0.2, -0.15) is 0 Å². The normalized spacial score (nSPS) is 21.8. The first-order valence-corrected chi connectivity index (χ1v) is 14.5. The Bertz CT molecular complexity index is 1250. The second kappa shape index (κ2) is 15.1. The van der Waals surface area contributed by atoms with Crippen molar-refractivity contribution in [1.82, 2.24) is 0 Å². The Balaban J connectivity index is 1.20. The molecule has 0 unspecified atom stereocenters. The van der Waals surface area contributed by atoms with Gasteiger partial charge in [0.2, 0.25) is 0 Å². The molecule has 2 aliphatic rings. The van der Waals surface area contributed by atoms with E-state index in [1.54, 1.807) is 0 Å². The van der Waals surface area contributed by atoms with E-state index in [9.17, 15) is 19.2 Å². The second-order valence-corrected chi connectivity index (χ2v) is 10.9. The molecule has 0 saturated heterocycles. The monoisotopic (exact) mass is 574 g/mol. The molecule has 0 radical (unpaired) electrons. The van der Waals surface area contributed by atoms with E-state index < -0.39 is 24.5 Å². The highest BCUT2D eigenvalue weighted by molar-refractivity contribution is 5.83. The Hall–Kier alpha value is -4.20. The predicted octanol–water partition coefficient (Wildman–Crippen LogP) is 6.09. The Morgan fingerprint density at radius 1 is 0.714 bits per heavy atom. The summed E-state index contributed by atoms with van der Waals surface area (Å²) in [6.45, 7) is 6.67. The van der Waals surface area contributed by atoms with Gasteiger partial charge in [0, 0.05) is 12.2 Å². The summed E-state index contributed by atoms with van der Waals surface area (Å²) >= 11 is 0. The number of hydrogen-bond acceptors (Lipinski definition) is 8. The van der Waals surface area contributed by atoms with Crippen molar-refractivity contribution < 1.29 is 38.1 Å². The summed E-state index contributed by atoms with van der Waals surface area (Å²) in [5.41, 5.74) is 3.36. The summed E-state index contributed by atoms with van der Waals surface area (Å²) in [5.74, 6) is -0.761. The van der Waals surface area contributed by atoms with Gasteiger partial charge < -0.3 is 18.9 Å². The Morgan fingerprint density at radius 2 is 1.29 bits per heavy atom. The average molecular weight is 575 g/mol. The van der Waals surface area contributed by atoms with Crippen LogP contribution >= 0.6 is 0 Å². The molecule has 2 aromatic carbocycles. The molecule has 0 spiro atoms. The molecule has 0 atom stereocenters. The van der Waals surface area contributed by atoms with Gasteiger partial charge in [0.1, 0.15) is 11.9 Å². The smallest absolute Gasteiger partial charge is 0.344 e. The largest absolute Gasteiger partial charge is 0.462 e. The maximum Gasteiger partial charge on any atom is 0.344 e. The predicted molar refractivity (Wildman–Crippen MR) is 156 cm³/mol. The van der Waals surface area contributed by atoms with E-state index >= 15 is 0 Å². The van der Waals surface area contributed by atoms with E-state index in [0.717, 1.165) is 74.6 Å². The molecule has 8 heteroatoms. The van der Waals surface area contributed by atoms with Crippen LogP contribution in [-0.4, -0.2) is 43.2 Å². The van der Waals surface area contributed by atoms with Crippen LogP contribution in [0.5, 0.6) is 5.75 Å². The zero-order valence-electron chi connectivity index (χ0n) is 23.8. The van der Waals surface area contributed by atoms with Crippen molar-refractivity contribution in [3.63, 3.8) is 0 Å². The Morgan fingerprint density at radius 3 is 1.88 bits per heavy atom. The molecule has 2 aromatic rings. The lowest BCUT2D eigenvalue weighted by Gasteiger charge is -2.28. The summed E-state index contributed by atoms with van der Waals surface area (Å²) in [6.07, 6.45) is 8.46. The Labute approximate surface area is 246 Å². The van der Waals surface area contributed by atoms with E-state index in [1.165, 1.54) is 5.56 Å². The van der Waals surface area contributed by atoms with E-state index in [1.807, 2.05) is 24.3 Å². The minimum Gasteiger partial charge on any atom is -0.462 e. The SMILES string of the molecule is C=CC(=O)OCC(=O)OC1CCC(c2ccc(-c3ccc(OC(=O)C4CCC(COC(=O)C=C)CC4)cc3)cc2)CC1. The van der Waals surface area contributed by atoms with Gasteiger partial charge in [-0.05, 0) is 92.0 Å². The molecular weight excluding hydrogens is 536 g/mol. The van der Waals surface area contributed by atoms with E-state index in [2.05, 4.69) is 37.4 Å². The van der Waals surface area contributed by atoms with Crippen LogP contribution < -0.4 is 4.74 Å². The van der Waals surface area contributed by atoms with Gasteiger partial charge in [0.15, 0.2) is 6.61 Å². The molecule has 2 saturated carbocycles. The standard InChI is InChI=1S/C34H38O8/c1-3-31(35)39-21-23-5-7-28(8-6-23)34(38)42-30-19-15-27(16-20-30)25-11-9-24(10-12-25)26-13-17-29(18-14-26)41-33(37)22-40-32(36)4-2/h3-4,9-12,15-16,19-20,23,26,28-29H,1-2,5-8,13-14,17-18,21-22H2. The third-order valence-electron chi connectivity index (χ3n) is 8.07. The molecule has 4 rings (SSSR count). The van der Waals surface area contributed by atoms with Crippen molar-refractivity contribution in [3.8, 4) is 16.9 Å². The average Bonchev–Trinajstić information content (AvgIpc) is 3.03. The number of benzene rings is 2. The van der Waals surface area contributed by atoms with E-state index in [4.69, 9.17) is 18.9 Å². The highest BCUT2D eigenvalue weighted by Crippen LogP contribution is 2.35. The van der Waals surface area contributed by atoms with Gasteiger partial charge in [-0.3, -0.25) is 4.79 Å². The van der Waals surface area contributed by atoms with Crippen molar-refractivity contribution >= 4 is 23.9 Å². The number of rotatable bonds is 11. The van der Waals surface area contributed by atoms with Crippen LogP contribution in [0.15, 0.2) is 73.8 Å². The van der Waals surface area contributed by atoms with Crippen molar-refractivity contribution in [3.05, 3.63) is 79.4 Å². The maximum atomic E-state index is 12.7. The van der Waals surface area contributed by atoms with Gasteiger partial charge in [-0.15, -0.1) is 0 Å². The molecule has 0 bridgehead atoms. The third kappa shape index (κ3) is 8.90. The van der Waals surface area contributed by atoms with Crippen LogP contribution in [0.3, 0.4) is 0 Å². The van der Waals surface area contributed by atoms with Gasteiger partial charge in [0.25, 0.3) is 0 Å². The van der Waals surface area contributed by atoms with Gasteiger partial charge in [-0.25, -0.2) is 14.4 Å². The number of carbonyl (C=O) groups excluding carboxylic acids is 4. The van der Waals surface area contributed by atoms with Crippen molar-refractivity contribution in [1.29, 1.82) is 0 Å². The van der Waals surface area contributed by atoms with Crippen molar-refractivity contribution in [2.45, 2.75) is 63.4 Å². The molecule has 2 aliphatic carbocycles. The van der Waals surface area contributed by atoms with Crippen molar-refractivity contribution in [2.24, 2.45) is 11.8 Å². The fraction of sp³-hybridized carbons (Fsp3) is 0.412. The molecule has 2 fully saturated rings. The van der Waals surface area contributed by atoms with Crippen LogP contribution in [0.4, 0.5) is 0 Å². The van der Waals surface area contributed by atoms with Crippen molar-refractivity contribution in [2.75, 3.05) is 13.2 Å². The first kappa shape index (κ1) is 30.8. The molecule has 0 aliphatic heterocycles. The van der Waals surface area contributed by atoms with Gasteiger partial charge in [0.05, 0.1) is 12.5 Å². The Kier molecular flexibility index (Phi) is 11.1. The molecule has 0 amide bonds. The molecule has 0 aromatic heterocycles. The highest BCUT2D eigenvalue weighted by Gasteiger charge is 2.28. The fourth-order valence-electron chi connectivity index (χ4n) is 5.61. The number of esters is 4. The first-order valence-electron chi connectivity index (χ1n) is 14.5. The number of carbonyl (C=O) groups is 4. The zero-order valence-corrected chi connectivity index (χ0v) is 23.8. The second-order valence-electron chi connectivity index (χ2n) is 10.9. The summed E-state index contributed by atoms with van der Waals surface area (Å²) in [5, 5.41) is 0. The number of hydrogen-bond donors (Lipinski definition) is 0. The van der Waals surface area contributed by atoms with Crippen LogP contribution in [0.2, 0.25) is 0 Å². The lowest BCUT2D eigenvalue weighted by Crippen LogP contribution is -2.27. The maximum absolute atomic E-state index is 12.7. The minimum absolute atomic E-state index is 0.146.